The van der Waals surface area contributed by atoms with Gasteiger partial charge in [0.05, 0.1) is 17.6 Å². The van der Waals surface area contributed by atoms with Crippen LogP contribution in [-0.2, 0) is 11.8 Å². The number of carbonyl (C=O) groups is 1. The van der Waals surface area contributed by atoms with E-state index in [1.807, 2.05) is 13.2 Å². The lowest BCUT2D eigenvalue weighted by Gasteiger charge is -2.05. The molecular weight excluding hydrogens is 267 g/mol. The van der Waals surface area contributed by atoms with Gasteiger partial charge in [-0.3, -0.25) is 9.48 Å². The third kappa shape index (κ3) is 3.72. The molecule has 0 fully saturated rings. The predicted octanol–water partition coefficient (Wildman–Crippen LogP) is 1.87. The molecule has 100 valence electrons. The number of halogens is 1. The third-order valence-corrected chi connectivity index (χ3v) is 3.28. The van der Waals surface area contributed by atoms with E-state index in [0.29, 0.717) is 5.69 Å². The number of thioether (sulfide) groups is 1. The van der Waals surface area contributed by atoms with Crippen molar-refractivity contribution in [3.05, 3.63) is 36.4 Å². The van der Waals surface area contributed by atoms with Crippen LogP contribution in [0.1, 0.15) is 0 Å². The molecule has 0 atom stereocenters. The highest BCUT2D eigenvalue weighted by molar-refractivity contribution is 8.00. The van der Waals surface area contributed by atoms with Crippen LogP contribution in [0.4, 0.5) is 15.8 Å². The molecule has 5 nitrogen and oxygen atoms in total. The Morgan fingerprint density at radius 2 is 2.37 bits per heavy atom. The molecule has 2 aromatic rings. The van der Waals surface area contributed by atoms with E-state index in [0.717, 1.165) is 4.90 Å². The number of amides is 1. The first kappa shape index (κ1) is 13.4. The van der Waals surface area contributed by atoms with Gasteiger partial charge in [0.25, 0.3) is 0 Å². The molecule has 19 heavy (non-hydrogen) atoms. The van der Waals surface area contributed by atoms with E-state index in [2.05, 4.69) is 10.4 Å². The van der Waals surface area contributed by atoms with Gasteiger partial charge in [-0.05, 0) is 18.2 Å². The van der Waals surface area contributed by atoms with Gasteiger partial charge < -0.3 is 11.1 Å². The number of rotatable bonds is 4. The molecule has 2 rings (SSSR count). The van der Waals surface area contributed by atoms with E-state index in [1.54, 1.807) is 10.9 Å². The van der Waals surface area contributed by atoms with Crippen molar-refractivity contribution in [1.82, 2.24) is 9.78 Å². The molecule has 0 saturated carbocycles. The van der Waals surface area contributed by atoms with Crippen LogP contribution in [0.5, 0.6) is 0 Å². The van der Waals surface area contributed by atoms with Crippen molar-refractivity contribution < 1.29 is 9.18 Å². The second-order valence-corrected chi connectivity index (χ2v) is 4.97. The summed E-state index contributed by atoms with van der Waals surface area (Å²) >= 11 is 1.38. The molecule has 0 spiro atoms. The summed E-state index contributed by atoms with van der Waals surface area (Å²) in [5, 5.41) is 6.66. The van der Waals surface area contributed by atoms with Gasteiger partial charge in [-0.25, -0.2) is 4.39 Å². The first-order chi connectivity index (χ1) is 9.04. The Bertz CT molecular complexity index is 599. The number of hydrogen-bond acceptors (Lipinski definition) is 4. The van der Waals surface area contributed by atoms with Crippen molar-refractivity contribution in [2.24, 2.45) is 7.05 Å². The smallest absolute Gasteiger partial charge is 0.234 e. The minimum Gasteiger partial charge on any atom is -0.396 e. The number of nitrogens with one attached hydrogen (secondary N) is 1. The van der Waals surface area contributed by atoms with Crippen LogP contribution < -0.4 is 11.1 Å². The minimum absolute atomic E-state index is 0.0118. The fourth-order valence-electron chi connectivity index (χ4n) is 1.44. The molecule has 3 N–H and O–H groups in total. The highest BCUT2D eigenvalue weighted by Gasteiger charge is 2.06. The Morgan fingerprint density at radius 3 is 3.00 bits per heavy atom. The van der Waals surface area contributed by atoms with Gasteiger partial charge in [0.15, 0.2) is 0 Å². The fraction of sp³-hybridized carbons (Fsp3) is 0.167. The quantitative estimate of drug-likeness (QED) is 0.662. The SMILES string of the molecule is Cn1cc(SCC(=O)Nc2ccc(F)c(N)c2)cn1. The van der Waals surface area contributed by atoms with E-state index in [-0.39, 0.29) is 17.3 Å². The van der Waals surface area contributed by atoms with Gasteiger partial charge in [-0.15, -0.1) is 11.8 Å². The minimum atomic E-state index is -0.497. The average molecular weight is 280 g/mol. The molecule has 1 aromatic carbocycles. The third-order valence-electron chi connectivity index (χ3n) is 2.33. The lowest BCUT2D eigenvalue weighted by molar-refractivity contribution is -0.113. The lowest BCUT2D eigenvalue weighted by Crippen LogP contribution is -2.14. The van der Waals surface area contributed by atoms with E-state index in [4.69, 9.17) is 5.73 Å². The second-order valence-electron chi connectivity index (χ2n) is 3.92. The molecule has 0 radical (unpaired) electrons. The number of benzene rings is 1. The molecule has 0 aliphatic rings. The zero-order valence-electron chi connectivity index (χ0n) is 10.3. The van der Waals surface area contributed by atoms with Crippen LogP contribution in [0.3, 0.4) is 0 Å². The summed E-state index contributed by atoms with van der Waals surface area (Å²) in [6.07, 6.45) is 3.52. The number of aryl methyl sites for hydroxylation is 1. The number of nitrogens with zero attached hydrogens (tertiary/aromatic N) is 2. The van der Waals surface area contributed by atoms with Crippen LogP contribution in [0.25, 0.3) is 0 Å². The van der Waals surface area contributed by atoms with Crippen LogP contribution >= 0.6 is 11.8 Å². The number of anilines is 2. The van der Waals surface area contributed by atoms with Crippen molar-refractivity contribution >= 4 is 29.0 Å². The van der Waals surface area contributed by atoms with E-state index in [1.165, 1.54) is 30.0 Å². The molecule has 1 heterocycles. The highest BCUT2D eigenvalue weighted by Crippen LogP contribution is 2.19. The lowest BCUT2D eigenvalue weighted by atomic mass is 10.2. The normalized spacial score (nSPS) is 10.4. The summed E-state index contributed by atoms with van der Waals surface area (Å²) < 4.78 is 14.6. The molecule has 0 bridgehead atoms. The summed E-state index contributed by atoms with van der Waals surface area (Å²) in [6.45, 7) is 0. The maximum atomic E-state index is 13.0. The molecule has 1 amide bonds. The Labute approximate surface area is 114 Å². The monoisotopic (exact) mass is 280 g/mol. The maximum Gasteiger partial charge on any atom is 0.234 e. The summed E-state index contributed by atoms with van der Waals surface area (Å²) in [5.41, 5.74) is 5.92. The second kappa shape index (κ2) is 5.75. The number of nitrogen functional groups attached to an aromatic ring is 1. The van der Waals surface area contributed by atoms with Crippen molar-refractivity contribution in [2.75, 3.05) is 16.8 Å². The predicted molar refractivity (Wildman–Crippen MR) is 73.4 cm³/mol. The Morgan fingerprint density at radius 1 is 1.58 bits per heavy atom. The number of aromatic nitrogens is 2. The van der Waals surface area contributed by atoms with Gasteiger partial charge in [-0.2, -0.15) is 5.10 Å². The number of hydrogen-bond donors (Lipinski definition) is 2. The zero-order valence-corrected chi connectivity index (χ0v) is 11.1. The van der Waals surface area contributed by atoms with E-state index < -0.39 is 5.82 Å². The van der Waals surface area contributed by atoms with Gasteiger partial charge in [-0.1, -0.05) is 0 Å². The Hall–Kier alpha value is -2.02. The van der Waals surface area contributed by atoms with Gasteiger partial charge in [0.2, 0.25) is 5.91 Å². The summed E-state index contributed by atoms with van der Waals surface area (Å²) in [6, 6.07) is 4.08. The molecular formula is C12H13FN4OS. The summed E-state index contributed by atoms with van der Waals surface area (Å²) in [7, 11) is 1.81. The fourth-order valence-corrected chi connectivity index (χ4v) is 2.16. The largest absolute Gasteiger partial charge is 0.396 e. The van der Waals surface area contributed by atoms with Crippen molar-refractivity contribution in [3.63, 3.8) is 0 Å². The van der Waals surface area contributed by atoms with Crippen LogP contribution in [0, 0.1) is 5.82 Å². The van der Waals surface area contributed by atoms with Crippen LogP contribution in [0.15, 0.2) is 35.5 Å². The van der Waals surface area contributed by atoms with E-state index >= 15 is 0 Å². The topological polar surface area (TPSA) is 72.9 Å². The molecule has 1 aromatic heterocycles. The number of nitrogens with two attached hydrogens (primary N) is 1. The highest BCUT2D eigenvalue weighted by atomic mass is 32.2. The van der Waals surface area contributed by atoms with Gasteiger partial charge in [0, 0.05) is 23.8 Å². The van der Waals surface area contributed by atoms with Crippen molar-refractivity contribution in [3.8, 4) is 0 Å². The summed E-state index contributed by atoms with van der Waals surface area (Å²) in [4.78, 5) is 12.6. The average Bonchev–Trinajstić information content (AvgIpc) is 2.77. The van der Waals surface area contributed by atoms with Gasteiger partial charge >= 0.3 is 0 Å². The molecule has 0 aliphatic heterocycles. The number of carbonyl (C=O) groups excluding carboxylic acids is 1. The first-order valence-corrected chi connectivity index (χ1v) is 6.49. The molecule has 0 saturated heterocycles. The van der Waals surface area contributed by atoms with Crippen LogP contribution in [-0.4, -0.2) is 21.4 Å². The maximum absolute atomic E-state index is 13.0. The first-order valence-electron chi connectivity index (χ1n) is 5.51. The Balaban J connectivity index is 1.88. The molecule has 0 aliphatic carbocycles. The molecule has 7 heteroatoms. The Kier molecular flexibility index (Phi) is 4.06. The zero-order chi connectivity index (χ0) is 13.8. The van der Waals surface area contributed by atoms with E-state index in [9.17, 15) is 9.18 Å². The molecule has 0 unspecified atom stereocenters. The van der Waals surface area contributed by atoms with Crippen LogP contribution in [0.2, 0.25) is 0 Å². The van der Waals surface area contributed by atoms with Gasteiger partial charge in [0.1, 0.15) is 5.82 Å². The summed E-state index contributed by atoms with van der Waals surface area (Å²) in [5.74, 6) is -0.425. The standard InChI is InChI=1S/C12H13FN4OS/c1-17-6-9(5-15-17)19-7-12(18)16-8-2-3-10(13)11(14)4-8/h2-6H,7,14H2,1H3,(H,16,18). The van der Waals surface area contributed by atoms with Crippen molar-refractivity contribution in [1.29, 1.82) is 0 Å². The van der Waals surface area contributed by atoms with Crippen molar-refractivity contribution in [2.45, 2.75) is 4.90 Å².